The van der Waals surface area contributed by atoms with Crippen molar-refractivity contribution in [2.24, 2.45) is 5.92 Å². The molecule has 2 heteroatoms. The van der Waals surface area contributed by atoms with Crippen molar-refractivity contribution in [2.75, 3.05) is 13.1 Å². The third kappa shape index (κ3) is 2.28. The maximum absolute atomic E-state index is 3.75. The first-order valence-electron chi connectivity index (χ1n) is 7.08. The van der Waals surface area contributed by atoms with E-state index in [1.54, 1.807) is 0 Å². The van der Waals surface area contributed by atoms with Gasteiger partial charge in [-0.3, -0.25) is 4.90 Å². The molecule has 1 aliphatic carbocycles. The summed E-state index contributed by atoms with van der Waals surface area (Å²) in [4.78, 5) is 2.81. The predicted octanol–water partition coefficient (Wildman–Crippen LogP) is 2.64. The summed E-state index contributed by atoms with van der Waals surface area (Å²) >= 11 is 0. The van der Waals surface area contributed by atoms with Crippen LogP contribution in [0.5, 0.6) is 0 Å². The average molecular weight is 224 g/mol. The quantitative estimate of drug-likeness (QED) is 0.793. The molecule has 1 heterocycles. The van der Waals surface area contributed by atoms with Gasteiger partial charge in [0.05, 0.1) is 0 Å². The van der Waals surface area contributed by atoms with E-state index in [2.05, 4.69) is 37.9 Å². The van der Waals surface area contributed by atoms with Crippen molar-refractivity contribution in [3.05, 3.63) is 0 Å². The molecule has 0 aromatic carbocycles. The van der Waals surface area contributed by atoms with Gasteiger partial charge in [0, 0.05) is 30.7 Å². The lowest BCUT2D eigenvalue weighted by molar-refractivity contribution is -0.00556. The van der Waals surface area contributed by atoms with Crippen molar-refractivity contribution in [2.45, 2.75) is 71.0 Å². The molecule has 1 N–H and O–H groups in total. The monoisotopic (exact) mass is 224 g/mol. The van der Waals surface area contributed by atoms with Crippen molar-refractivity contribution < 1.29 is 0 Å². The molecule has 1 aliphatic heterocycles. The molecule has 2 atom stereocenters. The highest BCUT2D eigenvalue weighted by Crippen LogP contribution is 2.35. The van der Waals surface area contributed by atoms with Crippen LogP contribution >= 0.6 is 0 Å². The third-order valence-corrected chi connectivity index (χ3v) is 4.83. The zero-order valence-electron chi connectivity index (χ0n) is 11.4. The van der Waals surface area contributed by atoms with Crippen LogP contribution in [0.1, 0.15) is 53.4 Å². The smallest absolute Gasteiger partial charge is 0.0278 e. The van der Waals surface area contributed by atoms with Crippen LogP contribution < -0.4 is 5.32 Å². The van der Waals surface area contributed by atoms with Gasteiger partial charge in [0.15, 0.2) is 0 Å². The molecule has 2 unspecified atom stereocenters. The van der Waals surface area contributed by atoms with E-state index in [-0.39, 0.29) is 0 Å². The van der Waals surface area contributed by atoms with Gasteiger partial charge in [-0.15, -0.1) is 0 Å². The lowest BCUT2D eigenvalue weighted by Crippen LogP contribution is -2.66. The minimum Gasteiger partial charge on any atom is -0.309 e. The van der Waals surface area contributed by atoms with Gasteiger partial charge in [0.2, 0.25) is 0 Å². The number of hydrogen-bond acceptors (Lipinski definition) is 2. The van der Waals surface area contributed by atoms with Crippen molar-refractivity contribution >= 4 is 0 Å². The molecule has 2 rings (SSSR count). The van der Waals surface area contributed by atoms with Crippen molar-refractivity contribution in [3.8, 4) is 0 Å². The molecule has 2 fully saturated rings. The number of piperazine rings is 1. The van der Waals surface area contributed by atoms with E-state index in [0.717, 1.165) is 18.0 Å². The fourth-order valence-corrected chi connectivity index (χ4v) is 3.24. The molecule has 2 nitrogen and oxygen atoms in total. The van der Waals surface area contributed by atoms with Crippen LogP contribution in [-0.2, 0) is 0 Å². The van der Waals surface area contributed by atoms with E-state index in [1.807, 2.05) is 0 Å². The highest BCUT2D eigenvalue weighted by atomic mass is 15.3. The van der Waals surface area contributed by atoms with Gasteiger partial charge in [-0.1, -0.05) is 20.8 Å². The Morgan fingerprint density at radius 1 is 1.31 bits per heavy atom. The molecule has 0 aromatic rings. The summed E-state index contributed by atoms with van der Waals surface area (Å²) in [5, 5.41) is 3.75. The number of nitrogens with zero attached hydrogens (tertiary/aromatic N) is 1. The summed E-state index contributed by atoms with van der Waals surface area (Å²) in [6, 6.07) is 1.66. The molecule has 1 saturated carbocycles. The van der Waals surface area contributed by atoms with E-state index in [4.69, 9.17) is 0 Å². The van der Waals surface area contributed by atoms with E-state index in [9.17, 15) is 0 Å². The molecule has 0 amide bonds. The van der Waals surface area contributed by atoms with Crippen LogP contribution in [0.15, 0.2) is 0 Å². The third-order valence-electron chi connectivity index (χ3n) is 4.83. The predicted molar refractivity (Wildman–Crippen MR) is 69.7 cm³/mol. The maximum atomic E-state index is 3.75. The largest absolute Gasteiger partial charge is 0.309 e. The highest BCUT2D eigenvalue weighted by Gasteiger charge is 2.40. The number of hydrogen-bond donors (Lipinski definition) is 1. The first-order chi connectivity index (χ1) is 7.58. The lowest BCUT2D eigenvalue weighted by atomic mass is 9.78. The van der Waals surface area contributed by atoms with Crippen molar-refractivity contribution in [3.63, 3.8) is 0 Å². The van der Waals surface area contributed by atoms with Gasteiger partial charge >= 0.3 is 0 Å². The Labute approximate surface area is 101 Å². The Bertz CT molecular complexity index is 235. The molecular formula is C14H28N2. The Balaban J connectivity index is 2.00. The maximum Gasteiger partial charge on any atom is 0.0278 e. The lowest BCUT2D eigenvalue weighted by Gasteiger charge is -2.53. The summed E-state index contributed by atoms with van der Waals surface area (Å²) in [5.41, 5.74) is 0.352. The van der Waals surface area contributed by atoms with Gasteiger partial charge in [-0.05, 0) is 38.5 Å². The first-order valence-corrected chi connectivity index (χ1v) is 7.08. The summed E-state index contributed by atoms with van der Waals surface area (Å²) in [5.74, 6) is 0.963. The fraction of sp³-hybridized carbons (Fsp3) is 1.00. The molecule has 1 saturated heterocycles. The standard InChI is InChI=1S/C14H28N2/c1-5-12-9-15-14(4,6-2)10-16(12)13-7-11(3)8-13/h11-13,15H,5-10H2,1-4H3. The molecule has 2 aliphatic rings. The molecule has 0 aromatic heterocycles. The Hall–Kier alpha value is -0.0800. The Morgan fingerprint density at radius 2 is 2.00 bits per heavy atom. The van der Waals surface area contributed by atoms with Crippen LogP contribution in [0.2, 0.25) is 0 Å². The SMILES string of the molecule is CCC1CNC(C)(CC)CN1C1CC(C)C1. The second kappa shape index (κ2) is 4.66. The second-order valence-corrected chi connectivity index (χ2v) is 6.26. The highest BCUT2D eigenvalue weighted by molar-refractivity contribution is 4.99. The average Bonchev–Trinajstić information content (AvgIpc) is 2.25. The van der Waals surface area contributed by atoms with E-state index in [0.29, 0.717) is 5.54 Å². The normalized spacial score (nSPS) is 45.4. The summed E-state index contributed by atoms with van der Waals surface area (Å²) in [7, 11) is 0. The summed E-state index contributed by atoms with van der Waals surface area (Å²) in [6.07, 6.45) is 5.38. The molecule has 0 bridgehead atoms. The zero-order valence-corrected chi connectivity index (χ0v) is 11.4. The van der Waals surface area contributed by atoms with Crippen LogP contribution in [-0.4, -0.2) is 35.6 Å². The van der Waals surface area contributed by atoms with Gasteiger partial charge in [0.1, 0.15) is 0 Å². The first kappa shape index (κ1) is 12.4. The Morgan fingerprint density at radius 3 is 2.50 bits per heavy atom. The molecule has 94 valence electrons. The van der Waals surface area contributed by atoms with Crippen LogP contribution in [0, 0.1) is 5.92 Å². The van der Waals surface area contributed by atoms with Crippen LogP contribution in [0.4, 0.5) is 0 Å². The Kier molecular flexibility index (Phi) is 3.60. The van der Waals surface area contributed by atoms with Gasteiger partial charge in [-0.2, -0.15) is 0 Å². The van der Waals surface area contributed by atoms with Gasteiger partial charge in [0.25, 0.3) is 0 Å². The zero-order chi connectivity index (χ0) is 11.8. The topological polar surface area (TPSA) is 15.3 Å². The summed E-state index contributed by atoms with van der Waals surface area (Å²) in [6.45, 7) is 11.8. The van der Waals surface area contributed by atoms with Gasteiger partial charge in [-0.25, -0.2) is 0 Å². The van der Waals surface area contributed by atoms with E-state index in [1.165, 1.54) is 38.8 Å². The van der Waals surface area contributed by atoms with Crippen LogP contribution in [0.3, 0.4) is 0 Å². The molecule has 0 radical (unpaired) electrons. The molecule has 16 heavy (non-hydrogen) atoms. The number of nitrogens with one attached hydrogen (secondary N) is 1. The minimum absolute atomic E-state index is 0.352. The minimum atomic E-state index is 0.352. The van der Waals surface area contributed by atoms with Gasteiger partial charge < -0.3 is 5.32 Å². The molecule has 0 spiro atoms. The van der Waals surface area contributed by atoms with E-state index < -0.39 is 0 Å². The fourth-order valence-electron chi connectivity index (χ4n) is 3.24. The van der Waals surface area contributed by atoms with Crippen molar-refractivity contribution in [1.29, 1.82) is 0 Å². The molecular weight excluding hydrogens is 196 g/mol. The van der Waals surface area contributed by atoms with Crippen molar-refractivity contribution in [1.82, 2.24) is 10.2 Å². The summed E-state index contributed by atoms with van der Waals surface area (Å²) < 4.78 is 0. The van der Waals surface area contributed by atoms with Crippen LogP contribution in [0.25, 0.3) is 0 Å². The number of rotatable bonds is 3. The van der Waals surface area contributed by atoms with E-state index >= 15 is 0 Å². The second-order valence-electron chi connectivity index (χ2n) is 6.26.